The van der Waals surface area contributed by atoms with E-state index in [1.165, 1.54) is 16.0 Å². The maximum Gasteiger partial charge on any atom is 0.0798 e. The van der Waals surface area contributed by atoms with Crippen molar-refractivity contribution in [2.75, 3.05) is 6.54 Å². The van der Waals surface area contributed by atoms with Gasteiger partial charge in [0.15, 0.2) is 0 Å². The van der Waals surface area contributed by atoms with Crippen LogP contribution < -0.4 is 11.1 Å². The van der Waals surface area contributed by atoms with E-state index < -0.39 is 0 Å². The SMILES string of the molecule is Cc1ncsc1CNCCc1ccccc1CN. The molecule has 2 rings (SSSR count). The predicted octanol–water partition coefficient (Wildman–Crippen LogP) is 2.24. The number of rotatable bonds is 6. The van der Waals surface area contributed by atoms with Crippen LogP contribution in [0.1, 0.15) is 21.7 Å². The second-order valence-corrected chi connectivity index (χ2v) is 5.20. The van der Waals surface area contributed by atoms with Crippen LogP contribution >= 0.6 is 11.3 Å². The minimum atomic E-state index is 0.615. The normalized spacial score (nSPS) is 10.8. The van der Waals surface area contributed by atoms with E-state index >= 15 is 0 Å². The lowest BCUT2D eigenvalue weighted by atomic mass is 10.0. The second kappa shape index (κ2) is 6.64. The van der Waals surface area contributed by atoms with E-state index in [2.05, 4.69) is 35.4 Å². The molecule has 0 atom stereocenters. The van der Waals surface area contributed by atoms with E-state index in [-0.39, 0.29) is 0 Å². The maximum atomic E-state index is 5.72. The molecule has 0 saturated carbocycles. The van der Waals surface area contributed by atoms with Crippen molar-refractivity contribution >= 4 is 11.3 Å². The van der Waals surface area contributed by atoms with Crippen molar-refractivity contribution in [1.82, 2.24) is 10.3 Å². The number of hydrogen-bond acceptors (Lipinski definition) is 4. The van der Waals surface area contributed by atoms with Crippen molar-refractivity contribution < 1.29 is 0 Å². The molecule has 0 bridgehead atoms. The number of aryl methyl sites for hydroxylation is 1. The number of nitrogens with one attached hydrogen (secondary N) is 1. The molecular formula is C14H19N3S. The molecule has 0 saturated heterocycles. The summed E-state index contributed by atoms with van der Waals surface area (Å²) in [4.78, 5) is 5.56. The summed E-state index contributed by atoms with van der Waals surface area (Å²) in [6, 6.07) is 8.37. The van der Waals surface area contributed by atoms with Gasteiger partial charge in [0, 0.05) is 18.0 Å². The third-order valence-corrected chi connectivity index (χ3v) is 3.97. The van der Waals surface area contributed by atoms with E-state index in [1.807, 2.05) is 11.6 Å². The molecule has 1 aromatic carbocycles. The van der Waals surface area contributed by atoms with Gasteiger partial charge in [-0.2, -0.15) is 0 Å². The summed E-state index contributed by atoms with van der Waals surface area (Å²) < 4.78 is 0. The third-order valence-electron chi connectivity index (χ3n) is 3.04. The highest BCUT2D eigenvalue weighted by Gasteiger charge is 2.02. The van der Waals surface area contributed by atoms with Crippen LogP contribution in [0.2, 0.25) is 0 Å². The Balaban J connectivity index is 1.80. The van der Waals surface area contributed by atoms with Crippen LogP contribution in [-0.2, 0) is 19.5 Å². The van der Waals surface area contributed by atoms with Gasteiger partial charge >= 0.3 is 0 Å². The number of benzene rings is 1. The Kier molecular flexibility index (Phi) is 4.87. The lowest BCUT2D eigenvalue weighted by molar-refractivity contribution is 0.687. The monoisotopic (exact) mass is 261 g/mol. The van der Waals surface area contributed by atoms with Crippen molar-refractivity contribution in [2.45, 2.75) is 26.4 Å². The number of nitrogens with zero attached hydrogens (tertiary/aromatic N) is 1. The first kappa shape index (κ1) is 13.2. The molecule has 1 heterocycles. The van der Waals surface area contributed by atoms with Crippen LogP contribution in [0.3, 0.4) is 0 Å². The summed E-state index contributed by atoms with van der Waals surface area (Å²) in [7, 11) is 0. The fourth-order valence-electron chi connectivity index (χ4n) is 1.92. The molecule has 2 aromatic rings. The van der Waals surface area contributed by atoms with Gasteiger partial charge in [0.2, 0.25) is 0 Å². The number of aromatic nitrogens is 1. The molecule has 0 aliphatic heterocycles. The molecule has 3 N–H and O–H groups in total. The molecule has 0 aliphatic carbocycles. The van der Waals surface area contributed by atoms with Crippen LogP contribution in [-0.4, -0.2) is 11.5 Å². The minimum absolute atomic E-state index is 0.615. The standard InChI is InChI=1S/C14H19N3S/c1-11-14(18-10-17-11)9-16-7-6-12-4-2-3-5-13(12)8-15/h2-5,10,16H,6-9,15H2,1H3. The van der Waals surface area contributed by atoms with E-state index in [0.717, 1.165) is 25.2 Å². The highest BCUT2D eigenvalue weighted by molar-refractivity contribution is 7.09. The van der Waals surface area contributed by atoms with E-state index in [4.69, 9.17) is 5.73 Å². The van der Waals surface area contributed by atoms with Crippen LogP contribution in [0.4, 0.5) is 0 Å². The van der Waals surface area contributed by atoms with Crippen molar-refractivity contribution in [3.63, 3.8) is 0 Å². The van der Waals surface area contributed by atoms with Crippen molar-refractivity contribution in [3.05, 3.63) is 51.5 Å². The topological polar surface area (TPSA) is 50.9 Å². The Morgan fingerprint density at radius 1 is 1.28 bits per heavy atom. The fraction of sp³-hybridized carbons (Fsp3) is 0.357. The zero-order valence-corrected chi connectivity index (χ0v) is 11.5. The first-order chi connectivity index (χ1) is 8.81. The Morgan fingerprint density at radius 3 is 2.72 bits per heavy atom. The van der Waals surface area contributed by atoms with Gasteiger partial charge < -0.3 is 11.1 Å². The van der Waals surface area contributed by atoms with E-state index in [1.54, 1.807) is 11.3 Å². The minimum Gasteiger partial charge on any atom is -0.326 e. The predicted molar refractivity (Wildman–Crippen MR) is 76.6 cm³/mol. The first-order valence-corrected chi connectivity index (χ1v) is 7.05. The van der Waals surface area contributed by atoms with Crippen molar-refractivity contribution in [3.8, 4) is 0 Å². The Morgan fingerprint density at radius 2 is 2.06 bits per heavy atom. The Hall–Kier alpha value is -1.23. The van der Waals surface area contributed by atoms with Crippen molar-refractivity contribution in [2.24, 2.45) is 5.73 Å². The maximum absolute atomic E-state index is 5.72. The van der Waals surface area contributed by atoms with Crippen LogP contribution in [0.5, 0.6) is 0 Å². The number of hydrogen-bond donors (Lipinski definition) is 2. The van der Waals surface area contributed by atoms with Gasteiger partial charge in [-0.05, 0) is 31.0 Å². The van der Waals surface area contributed by atoms with Gasteiger partial charge in [-0.15, -0.1) is 11.3 Å². The molecule has 3 nitrogen and oxygen atoms in total. The average Bonchev–Trinajstić information content (AvgIpc) is 2.81. The van der Waals surface area contributed by atoms with Gasteiger partial charge in [0.25, 0.3) is 0 Å². The molecule has 4 heteroatoms. The molecule has 0 amide bonds. The number of nitrogens with two attached hydrogens (primary N) is 1. The average molecular weight is 261 g/mol. The van der Waals surface area contributed by atoms with Gasteiger partial charge in [-0.25, -0.2) is 4.98 Å². The van der Waals surface area contributed by atoms with Gasteiger partial charge in [-0.1, -0.05) is 24.3 Å². The molecule has 1 aromatic heterocycles. The summed E-state index contributed by atoms with van der Waals surface area (Å²) in [6.07, 6.45) is 1.02. The molecule has 18 heavy (non-hydrogen) atoms. The molecule has 0 spiro atoms. The van der Waals surface area contributed by atoms with Crippen LogP contribution in [0, 0.1) is 6.92 Å². The third kappa shape index (κ3) is 3.38. The molecule has 0 unspecified atom stereocenters. The first-order valence-electron chi connectivity index (χ1n) is 6.17. The number of thiazole rings is 1. The van der Waals surface area contributed by atoms with E-state index in [0.29, 0.717) is 6.54 Å². The summed E-state index contributed by atoms with van der Waals surface area (Å²) in [6.45, 7) is 4.54. The smallest absolute Gasteiger partial charge is 0.0798 e. The lowest BCUT2D eigenvalue weighted by Gasteiger charge is -2.08. The fourth-order valence-corrected chi connectivity index (χ4v) is 2.67. The molecule has 0 aliphatic rings. The summed E-state index contributed by atoms with van der Waals surface area (Å²) in [5.74, 6) is 0. The Labute approximate surface area is 112 Å². The van der Waals surface area contributed by atoms with Gasteiger partial charge in [-0.3, -0.25) is 0 Å². The van der Waals surface area contributed by atoms with E-state index in [9.17, 15) is 0 Å². The molecule has 0 fully saturated rings. The molecule has 0 radical (unpaired) electrons. The highest BCUT2D eigenvalue weighted by Crippen LogP contribution is 2.11. The quantitative estimate of drug-likeness (QED) is 0.784. The van der Waals surface area contributed by atoms with Gasteiger partial charge in [0.05, 0.1) is 11.2 Å². The van der Waals surface area contributed by atoms with Crippen LogP contribution in [0.25, 0.3) is 0 Å². The molecular weight excluding hydrogens is 242 g/mol. The summed E-state index contributed by atoms with van der Waals surface area (Å²) in [5, 5.41) is 3.46. The largest absolute Gasteiger partial charge is 0.326 e. The van der Waals surface area contributed by atoms with Crippen molar-refractivity contribution in [1.29, 1.82) is 0 Å². The van der Waals surface area contributed by atoms with Crippen LogP contribution in [0.15, 0.2) is 29.8 Å². The lowest BCUT2D eigenvalue weighted by Crippen LogP contribution is -2.17. The van der Waals surface area contributed by atoms with Gasteiger partial charge in [0.1, 0.15) is 0 Å². The molecule has 96 valence electrons. The summed E-state index contributed by atoms with van der Waals surface area (Å²) >= 11 is 1.71. The highest BCUT2D eigenvalue weighted by atomic mass is 32.1. The summed E-state index contributed by atoms with van der Waals surface area (Å²) in [5.41, 5.74) is 11.3. The second-order valence-electron chi connectivity index (χ2n) is 4.26. The Bertz CT molecular complexity index is 493. The zero-order valence-electron chi connectivity index (χ0n) is 10.6. The zero-order chi connectivity index (χ0) is 12.8.